The van der Waals surface area contributed by atoms with Gasteiger partial charge in [-0.2, -0.15) is 10.4 Å². The molecule has 9 nitrogen and oxygen atoms in total. The Morgan fingerprint density at radius 1 is 1.06 bits per heavy atom. The maximum Gasteiger partial charge on any atom is 0.212 e. The zero-order valence-corrected chi connectivity index (χ0v) is 19.9. The molecule has 174 valence electrons. The van der Waals surface area contributed by atoms with Crippen molar-refractivity contribution in [1.82, 2.24) is 34.0 Å². The molecule has 1 fully saturated rings. The van der Waals surface area contributed by atoms with E-state index in [4.69, 9.17) is 9.97 Å². The van der Waals surface area contributed by atoms with Crippen LogP contribution in [-0.4, -0.2) is 67.3 Å². The number of fused-ring (bicyclic) bond motifs is 2. The number of hydrogen-bond donors (Lipinski definition) is 0. The van der Waals surface area contributed by atoms with Gasteiger partial charge in [0.1, 0.15) is 5.65 Å². The minimum Gasteiger partial charge on any atom is -0.340 e. The molecule has 0 amide bonds. The van der Waals surface area contributed by atoms with Gasteiger partial charge in [0.15, 0.2) is 5.65 Å². The topological polar surface area (TPSA) is 91.2 Å². The van der Waals surface area contributed by atoms with Crippen LogP contribution in [0.15, 0.2) is 55.1 Å². The molecule has 1 atom stereocenters. The van der Waals surface area contributed by atoms with Gasteiger partial charge in [-0.25, -0.2) is 15.0 Å². The molecule has 0 N–H and O–H groups in total. The summed E-state index contributed by atoms with van der Waals surface area (Å²) in [7, 11) is 6.14. The molecule has 0 spiro atoms. The lowest BCUT2D eigenvalue weighted by Gasteiger charge is -2.23. The fourth-order valence-corrected chi connectivity index (χ4v) is 4.89. The Morgan fingerprint density at radius 2 is 1.89 bits per heavy atom. The molecule has 5 aromatic rings. The summed E-state index contributed by atoms with van der Waals surface area (Å²) >= 11 is 0. The number of rotatable bonds is 4. The average molecular weight is 464 g/mol. The number of anilines is 1. The molecular formula is C26H25N9. The molecule has 0 bridgehead atoms. The summed E-state index contributed by atoms with van der Waals surface area (Å²) in [6.07, 6.45) is 8.56. The minimum absolute atomic E-state index is 0.477. The van der Waals surface area contributed by atoms with E-state index in [1.165, 1.54) is 0 Å². The monoisotopic (exact) mass is 463 g/mol. The second-order valence-corrected chi connectivity index (χ2v) is 9.20. The van der Waals surface area contributed by atoms with Gasteiger partial charge in [0, 0.05) is 61.3 Å². The van der Waals surface area contributed by atoms with E-state index in [2.05, 4.69) is 50.5 Å². The van der Waals surface area contributed by atoms with Crippen LogP contribution in [0.3, 0.4) is 0 Å². The van der Waals surface area contributed by atoms with Crippen molar-refractivity contribution in [2.45, 2.75) is 12.5 Å². The van der Waals surface area contributed by atoms with Crippen molar-refractivity contribution in [3.05, 3.63) is 60.7 Å². The van der Waals surface area contributed by atoms with Crippen molar-refractivity contribution < 1.29 is 0 Å². The lowest BCUT2D eigenvalue weighted by atomic mass is 10.00. The predicted molar refractivity (Wildman–Crippen MR) is 135 cm³/mol. The quantitative estimate of drug-likeness (QED) is 0.404. The van der Waals surface area contributed by atoms with E-state index in [0.717, 1.165) is 64.5 Å². The van der Waals surface area contributed by atoms with Crippen LogP contribution in [0.4, 0.5) is 5.95 Å². The van der Waals surface area contributed by atoms with Gasteiger partial charge in [-0.3, -0.25) is 9.08 Å². The first kappa shape index (κ1) is 21.3. The van der Waals surface area contributed by atoms with Gasteiger partial charge in [0.25, 0.3) is 0 Å². The number of nitrogens with zero attached hydrogens (tertiary/aromatic N) is 9. The molecule has 0 saturated carbocycles. The van der Waals surface area contributed by atoms with Gasteiger partial charge in [-0.1, -0.05) is 12.1 Å². The highest BCUT2D eigenvalue weighted by molar-refractivity contribution is 5.93. The van der Waals surface area contributed by atoms with E-state index >= 15 is 0 Å². The zero-order valence-electron chi connectivity index (χ0n) is 19.9. The van der Waals surface area contributed by atoms with Crippen molar-refractivity contribution >= 4 is 22.6 Å². The third-order valence-electron chi connectivity index (χ3n) is 6.85. The Labute approximate surface area is 202 Å². The molecule has 35 heavy (non-hydrogen) atoms. The second kappa shape index (κ2) is 8.18. The van der Waals surface area contributed by atoms with Crippen LogP contribution < -0.4 is 4.90 Å². The third kappa shape index (κ3) is 3.50. The average Bonchev–Trinajstić information content (AvgIpc) is 3.63. The Hall–Kier alpha value is -4.29. The van der Waals surface area contributed by atoms with Crippen LogP contribution in [0.1, 0.15) is 12.0 Å². The van der Waals surface area contributed by atoms with Crippen LogP contribution >= 0.6 is 0 Å². The molecule has 1 aliphatic rings. The van der Waals surface area contributed by atoms with Crippen LogP contribution in [-0.2, 0) is 7.05 Å². The lowest BCUT2D eigenvalue weighted by molar-refractivity contribution is 0.315. The highest BCUT2D eigenvalue weighted by atomic mass is 15.3. The van der Waals surface area contributed by atoms with Gasteiger partial charge in [0.2, 0.25) is 5.95 Å². The minimum atomic E-state index is 0.477. The Kier molecular flexibility index (Phi) is 4.97. The van der Waals surface area contributed by atoms with Gasteiger partial charge < -0.3 is 9.80 Å². The number of nitriles is 1. The van der Waals surface area contributed by atoms with E-state index < -0.39 is 0 Å². The fourth-order valence-electron chi connectivity index (χ4n) is 4.89. The summed E-state index contributed by atoms with van der Waals surface area (Å²) in [5.41, 5.74) is 5.85. The first-order chi connectivity index (χ1) is 17.0. The SMILES string of the molecule is CN(C)C1CCN(c2nc(-c3ccc(C#N)cc3)c(-c3cnc4c(cnn4C)c3)c3nccn23)C1. The second-order valence-electron chi connectivity index (χ2n) is 9.20. The van der Waals surface area contributed by atoms with E-state index in [-0.39, 0.29) is 0 Å². The van der Waals surface area contributed by atoms with Crippen LogP contribution in [0.25, 0.3) is 39.1 Å². The lowest BCUT2D eigenvalue weighted by Crippen LogP contribution is -2.32. The number of benzene rings is 1. The predicted octanol–water partition coefficient (Wildman–Crippen LogP) is 3.36. The van der Waals surface area contributed by atoms with Crippen LogP contribution in [0.5, 0.6) is 0 Å². The summed E-state index contributed by atoms with van der Waals surface area (Å²) in [5, 5.41) is 14.6. The molecular weight excluding hydrogens is 438 g/mol. The molecule has 4 aromatic heterocycles. The molecule has 1 aliphatic heterocycles. The van der Waals surface area contributed by atoms with Crippen molar-refractivity contribution in [3.8, 4) is 28.5 Å². The number of pyridine rings is 1. The maximum absolute atomic E-state index is 9.30. The maximum atomic E-state index is 9.30. The molecule has 0 aliphatic carbocycles. The number of aromatic nitrogens is 6. The number of imidazole rings is 1. The Morgan fingerprint density at radius 3 is 2.63 bits per heavy atom. The normalized spacial score (nSPS) is 16.0. The molecule has 5 heterocycles. The Bertz CT molecular complexity index is 1590. The van der Waals surface area contributed by atoms with E-state index in [1.807, 2.05) is 56.1 Å². The van der Waals surface area contributed by atoms with E-state index in [0.29, 0.717) is 11.6 Å². The number of likely N-dealkylation sites (N-methyl/N-ethyl adjacent to an activating group) is 1. The van der Waals surface area contributed by atoms with E-state index in [9.17, 15) is 5.26 Å². The van der Waals surface area contributed by atoms with Crippen LogP contribution in [0, 0.1) is 11.3 Å². The first-order valence-corrected chi connectivity index (χ1v) is 11.6. The van der Waals surface area contributed by atoms with Crippen molar-refractivity contribution in [2.24, 2.45) is 7.05 Å². The molecule has 9 heteroatoms. The van der Waals surface area contributed by atoms with Crippen molar-refractivity contribution in [3.63, 3.8) is 0 Å². The summed E-state index contributed by atoms with van der Waals surface area (Å²) < 4.78 is 3.84. The highest BCUT2D eigenvalue weighted by Gasteiger charge is 2.28. The highest BCUT2D eigenvalue weighted by Crippen LogP contribution is 2.37. The third-order valence-corrected chi connectivity index (χ3v) is 6.85. The number of aryl methyl sites for hydroxylation is 1. The first-order valence-electron chi connectivity index (χ1n) is 11.6. The van der Waals surface area contributed by atoms with Crippen LogP contribution in [0.2, 0.25) is 0 Å². The van der Waals surface area contributed by atoms with E-state index in [1.54, 1.807) is 4.68 Å². The molecule has 1 saturated heterocycles. The molecule has 1 unspecified atom stereocenters. The summed E-state index contributed by atoms with van der Waals surface area (Å²) in [5.74, 6) is 0.875. The largest absolute Gasteiger partial charge is 0.340 e. The fraction of sp³-hybridized carbons (Fsp3) is 0.269. The molecule has 6 rings (SSSR count). The van der Waals surface area contributed by atoms with Crippen molar-refractivity contribution in [2.75, 3.05) is 32.1 Å². The van der Waals surface area contributed by atoms with Gasteiger partial charge in [-0.05, 0) is 38.7 Å². The molecule has 0 radical (unpaired) electrons. The summed E-state index contributed by atoms with van der Waals surface area (Å²) in [6, 6.07) is 12.3. The smallest absolute Gasteiger partial charge is 0.212 e. The zero-order chi connectivity index (χ0) is 24.1. The summed E-state index contributed by atoms with van der Waals surface area (Å²) in [4.78, 5) is 19.3. The summed E-state index contributed by atoms with van der Waals surface area (Å²) in [6.45, 7) is 1.83. The van der Waals surface area contributed by atoms with Gasteiger partial charge in [-0.15, -0.1) is 0 Å². The Balaban J connectivity index is 1.59. The standard InChI is InChI=1S/C26H25N9/c1-32(2)21-8-10-34(16-21)26-31-23(18-6-4-17(13-27)5-7-18)22(25-28-9-11-35(25)26)19-12-20-15-30-33(3)24(20)29-14-19/h4-7,9,11-12,14-15,21H,8,10,16H2,1-3H3. The number of hydrogen-bond acceptors (Lipinski definition) is 7. The molecule has 1 aromatic carbocycles. The van der Waals surface area contributed by atoms with Gasteiger partial charge in [0.05, 0.1) is 29.1 Å². The van der Waals surface area contributed by atoms with Gasteiger partial charge >= 0.3 is 0 Å². The van der Waals surface area contributed by atoms with Crippen molar-refractivity contribution in [1.29, 1.82) is 5.26 Å².